The summed E-state index contributed by atoms with van der Waals surface area (Å²) in [6.45, 7) is 4.95. The Balaban J connectivity index is 0.00000274. The maximum Gasteiger partial charge on any atom is 0.416 e. The van der Waals surface area contributed by atoms with Gasteiger partial charge in [-0.05, 0) is 66.9 Å². The molecule has 182 valence electrons. The summed E-state index contributed by atoms with van der Waals surface area (Å²) in [6.07, 6.45) is -0.920. The third-order valence-corrected chi connectivity index (χ3v) is 8.04. The van der Waals surface area contributed by atoms with E-state index in [-0.39, 0.29) is 23.4 Å². The van der Waals surface area contributed by atoms with Crippen LogP contribution in [0.1, 0.15) is 29.5 Å². The van der Waals surface area contributed by atoms with Crippen LogP contribution in [0.2, 0.25) is 0 Å². The number of likely N-dealkylation sites (tertiary alicyclic amines) is 1. The van der Waals surface area contributed by atoms with Crippen LogP contribution in [0.25, 0.3) is 10.4 Å². The first-order valence-electron chi connectivity index (χ1n) is 11.0. The lowest BCUT2D eigenvalue weighted by Gasteiger charge is -2.21. The topological polar surface area (TPSA) is 58.1 Å². The van der Waals surface area contributed by atoms with E-state index in [0.29, 0.717) is 18.0 Å². The molecule has 10 heteroatoms. The number of benzene rings is 1. The van der Waals surface area contributed by atoms with E-state index < -0.39 is 17.4 Å². The number of H-pyrrole nitrogens is 1. The van der Waals surface area contributed by atoms with E-state index in [1.54, 1.807) is 22.9 Å². The molecule has 2 aliphatic rings. The highest BCUT2D eigenvalue weighted by molar-refractivity contribution is 7.13. The van der Waals surface area contributed by atoms with Crippen LogP contribution in [0.5, 0.6) is 0 Å². The SMILES string of the molecule is Cc1ccsc1-c1cn(CCCN2C[C@@H]3C[C@]3(c3ccc(C(F)(F)F)cc3)C2)c(=O)[nH]c1=O.Cl. The fourth-order valence-electron chi connectivity index (χ4n) is 5.15. The highest BCUT2D eigenvalue weighted by Crippen LogP contribution is 2.59. The third kappa shape index (κ3) is 4.48. The summed E-state index contributed by atoms with van der Waals surface area (Å²) in [5.74, 6) is 0.471. The minimum Gasteiger partial charge on any atom is -0.302 e. The maximum atomic E-state index is 12.9. The molecular formula is C24H25ClF3N3O2S. The van der Waals surface area contributed by atoms with Crippen molar-refractivity contribution in [1.29, 1.82) is 0 Å². The van der Waals surface area contributed by atoms with Gasteiger partial charge in [-0.2, -0.15) is 13.2 Å². The van der Waals surface area contributed by atoms with Crippen molar-refractivity contribution in [2.45, 2.75) is 37.9 Å². The molecule has 5 nitrogen and oxygen atoms in total. The number of aromatic nitrogens is 2. The molecular weight excluding hydrogens is 487 g/mol. The summed E-state index contributed by atoms with van der Waals surface area (Å²) >= 11 is 1.47. The molecule has 1 aliphatic heterocycles. The van der Waals surface area contributed by atoms with Gasteiger partial charge in [-0.3, -0.25) is 14.3 Å². The molecule has 1 aromatic carbocycles. The number of alkyl halides is 3. The van der Waals surface area contributed by atoms with Crippen LogP contribution in [-0.2, 0) is 18.1 Å². The van der Waals surface area contributed by atoms with Gasteiger partial charge < -0.3 is 4.90 Å². The number of aromatic amines is 1. The number of hydrogen-bond acceptors (Lipinski definition) is 4. The number of nitrogens with one attached hydrogen (secondary N) is 1. The Morgan fingerprint density at radius 1 is 1.15 bits per heavy atom. The molecule has 0 radical (unpaired) electrons. The van der Waals surface area contributed by atoms with E-state index in [2.05, 4.69) is 9.88 Å². The molecule has 1 saturated heterocycles. The molecule has 0 unspecified atom stereocenters. The molecule has 34 heavy (non-hydrogen) atoms. The fraction of sp³-hybridized carbons (Fsp3) is 0.417. The number of aryl methyl sites for hydroxylation is 2. The Kier molecular flexibility index (Phi) is 6.56. The molecule has 0 bridgehead atoms. The molecule has 1 aliphatic carbocycles. The Hall–Kier alpha value is -2.36. The lowest BCUT2D eigenvalue weighted by molar-refractivity contribution is -0.137. The predicted molar refractivity (Wildman–Crippen MR) is 129 cm³/mol. The number of rotatable bonds is 6. The van der Waals surface area contributed by atoms with Crippen LogP contribution in [0.4, 0.5) is 13.2 Å². The zero-order chi connectivity index (χ0) is 23.4. The standard InChI is InChI=1S/C24H24F3N3O2S.ClH/c1-15-7-10-33-20(15)19-13-30(22(32)28-21(19)31)9-2-8-29-12-18-11-23(18,14-29)16-3-5-17(6-4-16)24(25,26)27;/h3-7,10,13,18H,2,8-9,11-12,14H2,1H3,(H,28,31,32);1H/t18-,23+;/m0./s1. The molecule has 3 aromatic rings. The van der Waals surface area contributed by atoms with Crippen molar-refractivity contribution in [2.24, 2.45) is 5.92 Å². The van der Waals surface area contributed by atoms with Crippen LogP contribution in [0.15, 0.2) is 51.5 Å². The molecule has 2 atom stereocenters. The quantitative estimate of drug-likeness (QED) is 0.523. The third-order valence-electron chi connectivity index (χ3n) is 6.99. The molecule has 1 N–H and O–H groups in total. The Labute approximate surface area is 204 Å². The normalized spacial score (nSPS) is 21.8. The number of halogens is 4. The van der Waals surface area contributed by atoms with Crippen molar-refractivity contribution in [3.05, 3.63) is 79.4 Å². The molecule has 3 heterocycles. The van der Waals surface area contributed by atoms with Crippen LogP contribution < -0.4 is 11.2 Å². The van der Waals surface area contributed by atoms with Gasteiger partial charge in [-0.25, -0.2) is 4.79 Å². The lowest BCUT2D eigenvalue weighted by Crippen LogP contribution is -2.32. The number of hydrogen-bond donors (Lipinski definition) is 1. The summed E-state index contributed by atoms with van der Waals surface area (Å²) in [4.78, 5) is 30.2. The highest BCUT2D eigenvalue weighted by Gasteiger charge is 2.60. The van der Waals surface area contributed by atoms with Crippen molar-refractivity contribution in [3.8, 4) is 10.4 Å². The van der Waals surface area contributed by atoms with Gasteiger partial charge in [0.25, 0.3) is 5.56 Å². The van der Waals surface area contributed by atoms with E-state index >= 15 is 0 Å². The summed E-state index contributed by atoms with van der Waals surface area (Å²) in [6, 6.07) is 7.55. The van der Waals surface area contributed by atoms with Crippen molar-refractivity contribution >= 4 is 23.7 Å². The van der Waals surface area contributed by atoms with Crippen molar-refractivity contribution in [3.63, 3.8) is 0 Å². The van der Waals surface area contributed by atoms with Crippen LogP contribution in [0.3, 0.4) is 0 Å². The molecule has 2 fully saturated rings. The van der Waals surface area contributed by atoms with Gasteiger partial charge >= 0.3 is 11.9 Å². The van der Waals surface area contributed by atoms with Crippen molar-refractivity contribution < 1.29 is 13.2 Å². The van der Waals surface area contributed by atoms with Gasteiger partial charge in [-0.15, -0.1) is 23.7 Å². The fourth-order valence-corrected chi connectivity index (χ4v) is 6.08. The van der Waals surface area contributed by atoms with Crippen molar-refractivity contribution in [2.75, 3.05) is 19.6 Å². The summed E-state index contributed by atoms with van der Waals surface area (Å²) in [5, 5.41) is 1.92. The Morgan fingerprint density at radius 3 is 2.53 bits per heavy atom. The Morgan fingerprint density at radius 2 is 1.88 bits per heavy atom. The lowest BCUT2D eigenvalue weighted by atomic mass is 9.94. The first kappa shape index (κ1) is 24.8. The molecule has 2 aromatic heterocycles. The summed E-state index contributed by atoms with van der Waals surface area (Å²) < 4.78 is 40.2. The first-order valence-corrected chi connectivity index (χ1v) is 11.8. The van der Waals surface area contributed by atoms with Gasteiger partial charge in [0.2, 0.25) is 0 Å². The molecule has 1 saturated carbocycles. The van der Waals surface area contributed by atoms with Gasteiger partial charge in [0.05, 0.1) is 11.1 Å². The minimum atomic E-state index is -4.32. The number of thiophene rings is 1. The molecule has 0 amide bonds. The second-order valence-electron chi connectivity index (χ2n) is 9.15. The second-order valence-corrected chi connectivity index (χ2v) is 10.1. The first-order chi connectivity index (χ1) is 15.7. The van der Waals surface area contributed by atoms with E-state index in [0.717, 1.165) is 48.5 Å². The van der Waals surface area contributed by atoms with Gasteiger partial charge in [0, 0.05) is 36.1 Å². The monoisotopic (exact) mass is 511 g/mol. The highest BCUT2D eigenvalue weighted by atomic mass is 35.5. The molecule has 5 rings (SSSR count). The maximum absolute atomic E-state index is 12.9. The summed E-state index contributed by atoms with van der Waals surface area (Å²) in [7, 11) is 0. The minimum absolute atomic E-state index is 0. The number of nitrogens with zero attached hydrogens (tertiary/aromatic N) is 2. The second kappa shape index (κ2) is 9.02. The largest absolute Gasteiger partial charge is 0.416 e. The van der Waals surface area contributed by atoms with Crippen LogP contribution >= 0.6 is 23.7 Å². The average molecular weight is 512 g/mol. The van der Waals surface area contributed by atoms with Gasteiger partial charge in [-0.1, -0.05) is 12.1 Å². The zero-order valence-electron chi connectivity index (χ0n) is 18.5. The average Bonchev–Trinajstić information content (AvgIpc) is 3.09. The smallest absolute Gasteiger partial charge is 0.302 e. The van der Waals surface area contributed by atoms with Crippen LogP contribution in [0, 0.1) is 12.8 Å². The zero-order valence-corrected chi connectivity index (χ0v) is 20.2. The van der Waals surface area contributed by atoms with E-state index in [9.17, 15) is 22.8 Å². The predicted octanol–water partition coefficient (Wildman–Crippen LogP) is 4.68. The number of fused-ring (bicyclic) bond motifs is 1. The van der Waals surface area contributed by atoms with Gasteiger partial charge in [0.1, 0.15) is 0 Å². The summed E-state index contributed by atoms with van der Waals surface area (Å²) in [5.41, 5.74) is 1.05. The van der Waals surface area contributed by atoms with Crippen LogP contribution in [-0.4, -0.2) is 34.1 Å². The molecule has 0 spiro atoms. The van der Waals surface area contributed by atoms with Crippen molar-refractivity contribution in [1.82, 2.24) is 14.5 Å². The number of piperidine rings is 1. The van der Waals surface area contributed by atoms with Gasteiger partial charge in [0.15, 0.2) is 0 Å². The Bertz CT molecular complexity index is 1300. The van der Waals surface area contributed by atoms with E-state index in [1.165, 1.54) is 23.5 Å². The van der Waals surface area contributed by atoms with E-state index in [4.69, 9.17) is 0 Å². The van der Waals surface area contributed by atoms with E-state index in [1.807, 2.05) is 18.4 Å².